The summed E-state index contributed by atoms with van der Waals surface area (Å²) in [4.78, 5) is 17.0. The van der Waals surface area contributed by atoms with Crippen LogP contribution in [0.5, 0.6) is 5.75 Å². The van der Waals surface area contributed by atoms with Gasteiger partial charge in [-0.1, -0.05) is 11.6 Å². The Bertz CT molecular complexity index is 673. The normalized spacial score (nSPS) is 10.5. The smallest absolute Gasteiger partial charge is 0.227 e. The molecule has 1 amide bonds. The Balaban J connectivity index is 2.24. The Morgan fingerprint density at radius 3 is 2.91 bits per heavy atom. The molecule has 7 heteroatoms. The van der Waals surface area contributed by atoms with Crippen LogP contribution in [0.4, 0.5) is 5.13 Å². The number of hydrogen-bond acceptors (Lipinski definition) is 5. The molecule has 0 aliphatic rings. The van der Waals surface area contributed by atoms with Crippen LogP contribution in [0.15, 0.2) is 18.2 Å². The highest BCUT2D eigenvalue weighted by molar-refractivity contribution is 7.16. The monoisotopic (exact) mass is 339 g/mol. The lowest BCUT2D eigenvalue weighted by Gasteiger charge is -2.07. The molecule has 2 rings (SSSR count). The highest BCUT2D eigenvalue weighted by Crippen LogP contribution is 2.34. The van der Waals surface area contributed by atoms with E-state index in [4.69, 9.17) is 22.1 Å². The molecule has 5 nitrogen and oxygen atoms in total. The molecular weight excluding hydrogens is 322 g/mol. The third kappa shape index (κ3) is 3.97. The van der Waals surface area contributed by atoms with E-state index >= 15 is 0 Å². The van der Waals surface area contributed by atoms with Crippen LogP contribution in [0.3, 0.4) is 0 Å². The number of amides is 1. The second-order valence-corrected chi connectivity index (χ2v) is 6.20. The maximum atomic E-state index is 11.6. The number of halogens is 1. The van der Waals surface area contributed by atoms with Gasteiger partial charge in [-0.25, -0.2) is 4.98 Å². The lowest BCUT2D eigenvalue weighted by atomic mass is 10.1. The highest BCUT2D eigenvalue weighted by Gasteiger charge is 2.13. The molecular formula is C15H18ClN3O2S. The first-order chi connectivity index (χ1) is 10.5. The van der Waals surface area contributed by atoms with Crippen molar-refractivity contribution in [3.8, 4) is 17.0 Å². The minimum atomic E-state index is -0.132. The molecule has 0 atom stereocenters. The molecule has 3 N–H and O–H groups in total. The molecule has 1 aromatic carbocycles. The highest BCUT2D eigenvalue weighted by atomic mass is 35.5. The molecule has 0 unspecified atom stereocenters. The van der Waals surface area contributed by atoms with Gasteiger partial charge in [0.25, 0.3) is 0 Å². The van der Waals surface area contributed by atoms with Crippen molar-refractivity contribution in [3.63, 3.8) is 0 Å². The van der Waals surface area contributed by atoms with Crippen molar-refractivity contribution < 1.29 is 9.53 Å². The number of nitrogens with two attached hydrogens (primary N) is 1. The van der Waals surface area contributed by atoms with Crippen molar-refractivity contribution in [1.82, 2.24) is 4.98 Å². The van der Waals surface area contributed by atoms with Crippen LogP contribution in [0.2, 0.25) is 5.02 Å². The van der Waals surface area contributed by atoms with Crippen molar-refractivity contribution >= 4 is 34.0 Å². The number of benzene rings is 1. The lowest BCUT2D eigenvalue weighted by molar-refractivity contribution is -0.116. The fraction of sp³-hybridized carbons (Fsp3) is 0.333. The van der Waals surface area contributed by atoms with E-state index in [9.17, 15) is 4.79 Å². The number of thiazole rings is 1. The number of rotatable bonds is 6. The standard InChI is InChI=1S/C15H18ClN3O2S/c1-3-21-12-5-4-10(8-11(12)16)14-9(2)22-15(19-14)18-13(20)6-7-17/h4-5,8H,3,6-7,17H2,1-2H3,(H,18,19,20). The van der Waals surface area contributed by atoms with E-state index < -0.39 is 0 Å². The van der Waals surface area contributed by atoms with Gasteiger partial charge < -0.3 is 15.8 Å². The van der Waals surface area contributed by atoms with Gasteiger partial charge in [0.15, 0.2) is 5.13 Å². The molecule has 118 valence electrons. The van der Waals surface area contributed by atoms with Gasteiger partial charge in [-0.15, -0.1) is 11.3 Å². The number of aromatic nitrogens is 1. The number of carbonyl (C=O) groups excluding carboxylic acids is 1. The van der Waals surface area contributed by atoms with Crippen LogP contribution in [-0.2, 0) is 4.79 Å². The van der Waals surface area contributed by atoms with Crippen LogP contribution in [-0.4, -0.2) is 24.0 Å². The largest absolute Gasteiger partial charge is 0.492 e. The zero-order chi connectivity index (χ0) is 16.1. The Kier molecular flexibility index (Phi) is 5.76. The SMILES string of the molecule is CCOc1ccc(-c2nc(NC(=O)CCN)sc2C)cc1Cl. The van der Waals surface area contributed by atoms with Crippen molar-refractivity contribution in [2.75, 3.05) is 18.5 Å². The van der Waals surface area contributed by atoms with E-state index in [0.717, 1.165) is 16.1 Å². The summed E-state index contributed by atoms with van der Waals surface area (Å²) in [5, 5.41) is 3.86. The topological polar surface area (TPSA) is 77.2 Å². The molecule has 0 saturated carbocycles. The van der Waals surface area contributed by atoms with Crippen LogP contribution in [0, 0.1) is 6.92 Å². The first-order valence-corrected chi connectivity index (χ1v) is 8.14. The lowest BCUT2D eigenvalue weighted by Crippen LogP contribution is -2.15. The fourth-order valence-electron chi connectivity index (χ4n) is 1.95. The summed E-state index contributed by atoms with van der Waals surface area (Å²) < 4.78 is 5.42. The Hall–Kier alpha value is -1.63. The summed E-state index contributed by atoms with van der Waals surface area (Å²) in [7, 11) is 0. The van der Waals surface area contributed by atoms with Crippen molar-refractivity contribution in [3.05, 3.63) is 28.1 Å². The maximum absolute atomic E-state index is 11.6. The third-order valence-corrected chi connectivity index (χ3v) is 4.10. The van der Waals surface area contributed by atoms with Gasteiger partial charge in [-0.05, 0) is 32.0 Å². The van der Waals surface area contributed by atoms with Crippen LogP contribution >= 0.6 is 22.9 Å². The zero-order valence-corrected chi connectivity index (χ0v) is 14.1. The first-order valence-electron chi connectivity index (χ1n) is 6.95. The van der Waals surface area contributed by atoms with Crippen LogP contribution < -0.4 is 15.8 Å². The number of anilines is 1. The third-order valence-electron chi connectivity index (χ3n) is 2.92. The Labute approximate surface area is 138 Å². The molecule has 1 heterocycles. The van der Waals surface area contributed by atoms with E-state index in [0.29, 0.717) is 29.1 Å². The van der Waals surface area contributed by atoms with Crippen molar-refractivity contribution in [2.24, 2.45) is 5.73 Å². The molecule has 0 aliphatic heterocycles. The number of hydrogen-bond donors (Lipinski definition) is 2. The number of aryl methyl sites for hydroxylation is 1. The molecule has 0 radical (unpaired) electrons. The summed E-state index contributed by atoms with van der Waals surface area (Å²) >= 11 is 7.64. The molecule has 22 heavy (non-hydrogen) atoms. The van der Waals surface area contributed by atoms with Gasteiger partial charge in [-0.3, -0.25) is 4.79 Å². The Morgan fingerprint density at radius 2 is 2.27 bits per heavy atom. The quantitative estimate of drug-likeness (QED) is 0.845. The zero-order valence-electron chi connectivity index (χ0n) is 12.5. The number of nitrogens with zero attached hydrogens (tertiary/aromatic N) is 1. The number of ether oxygens (including phenoxy) is 1. The second kappa shape index (κ2) is 7.58. The van der Waals surface area contributed by atoms with Gasteiger partial charge in [0.05, 0.1) is 17.3 Å². The number of carbonyl (C=O) groups is 1. The summed E-state index contributed by atoms with van der Waals surface area (Å²) in [6, 6.07) is 5.55. The molecule has 1 aromatic heterocycles. The average Bonchev–Trinajstić information content (AvgIpc) is 2.82. The van der Waals surface area contributed by atoms with Crippen LogP contribution in [0.25, 0.3) is 11.3 Å². The van der Waals surface area contributed by atoms with Gasteiger partial charge in [0.1, 0.15) is 5.75 Å². The molecule has 0 bridgehead atoms. The van der Waals surface area contributed by atoms with Gasteiger partial charge in [0, 0.05) is 23.4 Å². The number of nitrogens with one attached hydrogen (secondary N) is 1. The molecule has 0 saturated heterocycles. The second-order valence-electron chi connectivity index (χ2n) is 4.59. The van der Waals surface area contributed by atoms with E-state index in [1.165, 1.54) is 11.3 Å². The fourth-order valence-corrected chi connectivity index (χ4v) is 3.04. The van der Waals surface area contributed by atoms with Crippen LogP contribution in [0.1, 0.15) is 18.2 Å². The first kappa shape index (κ1) is 16.7. The van der Waals surface area contributed by atoms with E-state index in [-0.39, 0.29) is 12.3 Å². The van der Waals surface area contributed by atoms with Crippen molar-refractivity contribution in [2.45, 2.75) is 20.3 Å². The average molecular weight is 340 g/mol. The predicted molar refractivity (Wildman–Crippen MR) is 90.8 cm³/mol. The molecule has 0 aliphatic carbocycles. The summed E-state index contributed by atoms with van der Waals surface area (Å²) in [6.07, 6.45) is 0.281. The summed E-state index contributed by atoms with van der Waals surface area (Å²) in [5.74, 6) is 0.518. The molecule has 0 spiro atoms. The van der Waals surface area contributed by atoms with E-state index in [1.54, 1.807) is 0 Å². The van der Waals surface area contributed by atoms with Gasteiger partial charge in [-0.2, -0.15) is 0 Å². The minimum absolute atomic E-state index is 0.132. The molecule has 2 aromatic rings. The van der Waals surface area contributed by atoms with Gasteiger partial charge in [0.2, 0.25) is 5.91 Å². The minimum Gasteiger partial charge on any atom is -0.492 e. The van der Waals surface area contributed by atoms with E-state index in [2.05, 4.69) is 10.3 Å². The predicted octanol–water partition coefficient (Wildman–Crippen LogP) is 3.46. The van der Waals surface area contributed by atoms with Crippen molar-refractivity contribution in [1.29, 1.82) is 0 Å². The summed E-state index contributed by atoms with van der Waals surface area (Å²) in [6.45, 7) is 4.74. The Morgan fingerprint density at radius 1 is 1.50 bits per heavy atom. The molecule has 0 fully saturated rings. The van der Waals surface area contributed by atoms with Gasteiger partial charge >= 0.3 is 0 Å². The van der Waals surface area contributed by atoms with E-state index in [1.807, 2.05) is 32.0 Å². The maximum Gasteiger partial charge on any atom is 0.227 e. The summed E-state index contributed by atoms with van der Waals surface area (Å²) in [5.41, 5.74) is 7.05.